The molecule has 1 aromatic heterocycles. The number of benzene rings is 1. The highest BCUT2D eigenvalue weighted by atomic mass is 16.5. The number of aromatic nitrogens is 1. The molecule has 3 rings (SSSR count). The molecular weight excluding hydrogens is 306 g/mol. The molecule has 0 spiro atoms. The van der Waals surface area contributed by atoms with E-state index in [4.69, 9.17) is 4.74 Å². The predicted molar refractivity (Wildman–Crippen MR) is 93.0 cm³/mol. The Labute approximate surface area is 141 Å². The third kappa shape index (κ3) is 3.14. The highest BCUT2D eigenvalue weighted by Crippen LogP contribution is 2.35. The largest absolute Gasteiger partial charge is 0.375 e. The zero-order chi connectivity index (χ0) is 17.1. The lowest BCUT2D eigenvalue weighted by atomic mass is 9.89. The van der Waals surface area contributed by atoms with Crippen molar-refractivity contribution in [3.63, 3.8) is 0 Å². The van der Waals surface area contributed by atoms with Crippen LogP contribution in [0.15, 0.2) is 24.4 Å². The molecule has 0 saturated carbocycles. The summed E-state index contributed by atoms with van der Waals surface area (Å²) in [4.78, 5) is 24.5. The van der Waals surface area contributed by atoms with Crippen LogP contribution < -0.4 is 5.32 Å². The van der Waals surface area contributed by atoms with Gasteiger partial charge in [-0.25, -0.2) is 0 Å². The van der Waals surface area contributed by atoms with Crippen LogP contribution in [0.4, 0.5) is 5.69 Å². The number of carbonyl (C=O) groups is 2. The van der Waals surface area contributed by atoms with Gasteiger partial charge >= 0.3 is 0 Å². The number of hydrogen-bond acceptors (Lipinski definition) is 3. The molecule has 0 unspecified atom stereocenters. The van der Waals surface area contributed by atoms with Crippen molar-refractivity contribution in [3.05, 3.63) is 30.0 Å². The Balaban J connectivity index is 1.81. The number of rotatable bonds is 5. The number of amides is 2. The van der Waals surface area contributed by atoms with E-state index in [9.17, 15) is 9.59 Å². The fraction of sp³-hybridized carbons (Fsp3) is 0.444. The highest BCUT2D eigenvalue weighted by Gasteiger charge is 2.25. The van der Waals surface area contributed by atoms with Gasteiger partial charge in [0.2, 0.25) is 12.3 Å². The molecule has 24 heavy (non-hydrogen) atoms. The van der Waals surface area contributed by atoms with Crippen LogP contribution in [0.3, 0.4) is 0 Å². The maximum absolute atomic E-state index is 11.9. The summed E-state index contributed by atoms with van der Waals surface area (Å²) in [5.74, 6) is 0.484. The van der Waals surface area contributed by atoms with Gasteiger partial charge in [-0.15, -0.1) is 0 Å². The van der Waals surface area contributed by atoms with Crippen molar-refractivity contribution < 1.29 is 14.3 Å². The molecule has 0 radical (unpaired) electrons. The molecule has 2 amide bonds. The fourth-order valence-corrected chi connectivity index (χ4v) is 3.56. The molecule has 0 aliphatic carbocycles. The number of aryl methyl sites for hydroxylation is 1. The topological polar surface area (TPSA) is 63.6 Å². The number of nitrogens with zero attached hydrogens (tertiary/aromatic N) is 2. The van der Waals surface area contributed by atoms with Crippen molar-refractivity contribution in [2.75, 3.05) is 32.1 Å². The molecule has 1 saturated heterocycles. The Morgan fingerprint density at radius 2 is 2.12 bits per heavy atom. The van der Waals surface area contributed by atoms with Gasteiger partial charge in [0, 0.05) is 50.0 Å². The minimum absolute atomic E-state index is 0.0614. The van der Waals surface area contributed by atoms with Crippen LogP contribution in [0.5, 0.6) is 0 Å². The van der Waals surface area contributed by atoms with Gasteiger partial charge in [-0.1, -0.05) is 0 Å². The second-order valence-corrected chi connectivity index (χ2v) is 6.28. The molecular formula is C18H23N3O3. The molecule has 128 valence electrons. The lowest BCUT2D eigenvalue weighted by Crippen LogP contribution is -2.39. The molecule has 1 aliphatic heterocycles. The van der Waals surface area contributed by atoms with Crippen molar-refractivity contribution >= 4 is 28.9 Å². The van der Waals surface area contributed by atoms with E-state index in [1.165, 1.54) is 10.9 Å². The maximum Gasteiger partial charge on any atom is 0.248 e. The first-order valence-corrected chi connectivity index (χ1v) is 8.20. The van der Waals surface area contributed by atoms with E-state index in [0.29, 0.717) is 12.3 Å². The summed E-state index contributed by atoms with van der Waals surface area (Å²) in [6.45, 7) is 1.67. The summed E-state index contributed by atoms with van der Waals surface area (Å²) in [5, 5.41) is 3.89. The summed E-state index contributed by atoms with van der Waals surface area (Å²) in [6.07, 6.45) is 4.76. The van der Waals surface area contributed by atoms with E-state index >= 15 is 0 Å². The van der Waals surface area contributed by atoms with E-state index in [1.807, 2.05) is 30.1 Å². The number of methoxy groups -OCH3 is 1. The van der Waals surface area contributed by atoms with Crippen LogP contribution in [0.2, 0.25) is 0 Å². The quantitative estimate of drug-likeness (QED) is 0.855. The van der Waals surface area contributed by atoms with E-state index in [2.05, 4.69) is 16.1 Å². The SMILES string of the molecule is COCC(=O)N1CCC(c2cn(C)c3ccc(NC=O)cc23)CC1. The first-order valence-electron chi connectivity index (χ1n) is 8.20. The Morgan fingerprint density at radius 1 is 1.38 bits per heavy atom. The van der Waals surface area contributed by atoms with Crippen molar-refractivity contribution in [3.8, 4) is 0 Å². The van der Waals surface area contributed by atoms with E-state index < -0.39 is 0 Å². The van der Waals surface area contributed by atoms with Crippen LogP contribution in [-0.2, 0) is 21.4 Å². The maximum atomic E-state index is 11.9. The van der Waals surface area contributed by atoms with E-state index in [1.54, 1.807) is 7.11 Å². The minimum atomic E-state index is 0.0614. The van der Waals surface area contributed by atoms with Crippen molar-refractivity contribution in [2.24, 2.45) is 7.05 Å². The number of piperidine rings is 1. The number of anilines is 1. The van der Waals surface area contributed by atoms with Gasteiger partial charge in [0.05, 0.1) is 0 Å². The van der Waals surface area contributed by atoms with E-state index in [-0.39, 0.29) is 12.5 Å². The van der Waals surface area contributed by atoms with Crippen LogP contribution in [0.1, 0.15) is 24.3 Å². The number of fused-ring (bicyclic) bond motifs is 1. The first kappa shape index (κ1) is 16.5. The Morgan fingerprint density at radius 3 is 2.79 bits per heavy atom. The van der Waals surface area contributed by atoms with Gasteiger partial charge in [-0.3, -0.25) is 9.59 Å². The van der Waals surface area contributed by atoms with Gasteiger partial charge in [0.25, 0.3) is 0 Å². The molecule has 1 aliphatic rings. The zero-order valence-corrected chi connectivity index (χ0v) is 14.1. The molecule has 2 aromatic rings. The Kier molecular flexibility index (Phi) is 4.85. The zero-order valence-electron chi connectivity index (χ0n) is 14.1. The normalized spacial score (nSPS) is 15.7. The highest BCUT2D eigenvalue weighted by molar-refractivity contribution is 5.89. The van der Waals surface area contributed by atoms with Gasteiger partial charge in [0.15, 0.2) is 0 Å². The number of nitrogens with one attached hydrogen (secondary N) is 1. The van der Waals surface area contributed by atoms with Crippen LogP contribution >= 0.6 is 0 Å². The third-order valence-corrected chi connectivity index (χ3v) is 4.80. The lowest BCUT2D eigenvalue weighted by Gasteiger charge is -2.32. The lowest BCUT2D eigenvalue weighted by molar-refractivity contribution is -0.136. The number of carbonyl (C=O) groups excluding carboxylic acids is 2. The smallest absolute Gasteiger partial charge is 0.248 e. The summed E-state index contributed by atoms with van der Waals surface area (Å²) < 4.78 is 7.06. The van der Waals surface area contributed by atoms with Crippen molar-refractivity contribution in [2.45, 2.75) is 18.8 Å². The molecule has 6 nitrogen and oxygen atoms in total. The second kappa shape index (κ2) is 7.05. The first-order chi connectivity index (χ1) is 11.6. The monoisotopic (exact) mass is 329 g/mol. The summed E-state index contributed by atoms with van der Waals surface area (Å²) in [6, 6.07) is 5.97. The summed E-state index contributed by atoms with van der Waals surface area (Å²) in [5.41, 5.74) is 3.25. The Bertz CT molecular complexity index is 745. The van der Waals surface area contributed by atoms with Crippen LogP contribution in [0, 0.1) is 0 Å². The van der Waals surface area contributed by atoms with Gasteiger partial charge in [0.1, 0.15) is 6.61 Å². The van der Waals surface area contributed by atoms with Crippen LogP contribution in [-0.4, -0.2) is 48.6 Å². The minimum Gasteiger partial charge on any atom is -0.375 e. The van der Waals surface area contributed by atoms with Crippen molar-refractivity contribution in [1.29, 1.82) is 0 Å². The number of hydrogen-bond donors (Lipinski definition) is 1. The Hall–Kier alpha value is -2.34. The van der Waals surface area contributed by atoms with Gasteiger partial charge < -0.3 is 19.5 Å². The summed E-state index contributed by atoms with van der Waals surface area (Å²) >= 11 is 0. The fourth-order valence-electron chi connectivity index (χ4n) is 3.56. The second-order valence-electron chi connectivity index (χ2n) is 6.28. The molecule has 1 aromatic carbocycles. The molecule has 6 heteroatoms. The number of ether oxygens (including phenoxy) is 1. The third-order valence-electron chi connectivity index (χ3n) is 4.80. The molecule has 1 N–H and O–H groups in total. The van der Waals surface area contributed by atoms with Gasteiger partial charge in [-0.05, 0) is 42.5 Å². The number of likely N-dealkylation sites (tertiary alicyclic amines) is 1. The molecule has 1 fully saturated rings. The molecule has 2 heterocycles. The standard InChI is InChI=1S/C18H23N3O3/c1-20-10-16(15-9-14(19-12-22)3-4-17(15)20)13-5-7-21(8-6-13)18(23)11-24-2/h3-4,9-10,12-13H,5-8,11H2,1-2H3,(H,19,22). The average Bonchev–Trinajstić information content (AvgIpc) is 2.92. The average molecular weight is 329 g/mol. The molecule has 0 bridgehead atoms. The molecule has 0 atom stereocenters. The van der Waals surface area contributed by atoms with Crippen molar-refractivity contribution in [1.82, 2.24) is 9.47 Å². The van der Waals surface area contributed by atoms with Gasteiger partial charge in [-0.2, -0.15) is 0 Å². The predicted octanol–water partition coefficient (Wildman–Crippen LogP) is 2.10. The summed E-state index contributed by atoms with van der Waals surface area (Å²) in [7, 11) is 3.58. The van der Waals surface area contributed by atoms with E-state index in [0.717, 1.165) is 37.1 Å². The van der Waals surface area contributed by atoms with Crippen LogP contribution in [0.25, 0.3) is 10.9 Å².